The van der Waals surface area contributed by atoms with Crippen LogP contribution in [0.1, 0.15) is 45.0 Å². The number of hydrogen-bond donors (Lipinski definition) is 0. The molecule has 128 valence electrons. The summed E-state index contributed by atoms with van der Waals surface area (Å²) < 4.78 is 7.04. The number of nitrogens with zero attached hydrogens (tertiary/aromatic N) is 3. The third-order valence-electron chi connectivity index (χ3n) is 4.79. The molecule has 0 bridgehead atoms. The van der Waals surface area contributed by atoms with Crippen molar-refractivity contribution in [2.24, 2.45) is 5.92 Å². The predicted molar refractivity (Wildman–Crippen MR) is 92.6 cm³/mol. The van der Waals surface area contributed by atoms with Crippen LogP contribution >= 0.6 is 0 Å². The number of aryl methyl sites for hydroxylation is 1. The van der Waals surface area contributed by atoms with E-state index in [2.05, 4.69) is 59.8 Å². The second-order valence-corrected chi connectivity index (χ2v) is 7.47. The van der Waals surface area contributed by atoms with Gasteiger partial charge in [-0.05, 0) is 23.8 Å². The molecule has 0 saturated heterocycles. The van der Waals surface area contributed by atoms with Crippen LogP contribution < -0.4 is 0 Å². The molecule has 0 radical (unpaired) electrons. The van der Waals surface area contributed by atoms with Gasteiger partial charge in [-0.25, -0.2) is 0 Å². The summed E-state index contributed by atoms with van der Waals surface area (Å²) >= 11 is 0. The summed E-state index contributed by atoms with van der Waals surface area (Å²) in [5.74, 6) is 1.67. The number of rotatable bonds is 2. The van der Waals surface area contributed by atoms with Crippen LogP contribution in [0.15, 0.2) is 24.3 Å². The van der Waals surface area contributed by atoms with Gasteiger partial charge in [0.2, 0.25) is 0 Å². The molecule has 1 atom stereocenters. The van der Waals surface area contributed by atoms with Gasteiger partial charge in [-0.2, -0.15) is 0 Å². The maximum Gasteiger partial charge on any atom is 0.308 e. The van der Waals surface area contributed by atoms with E-state index in [1.54, 1.807) is 0 Å². The van der Waals surface area contributed by atoms with Crippen LogP contribution in [0.5, 0.6) is 0 Å². The van der Waals surface area contributed by atoms with E-state index in [9.17, 15) is 4.79 Å². The largest absolute Gasteiger partial charge is 0.469 e. The lowest BCUT2D eigenvalue weighted by molar-refractivity contribution is -0.145. The summed E-state index contributed by atoms with van der Waals surface area (Å²) in [7, 11) is 1.45. The van der Waals surface area contributed by atoms with Crippen molar-refractivity contribution >= 4 is 5.97 Å². The van der Waals surface area contributed by atoms with E-state index in [-0.39, 0.29) is 17.3 Å². The van der Waals surface area contributed by atoms with Crippen molar-refractivity contribution in [3.05, 3.63) is 35.7 Å². The molecular formula is C19H25N3O2. The number of aromatic nitrogens is 3. The van der Waals surface area contributed by atoms with E-state index in [1.807, 2.05) is 0 Å². The highest BCUT2D eigenvalue weighted by Crippen LogP contribution is 2.28. The fourth-order valence-corrected chi connectivity index (χ4v) is 3.22. The van der Waals surface area contributed by atoms with Gasteiger partial charge in [0.05, 0.1) is 13.0 Å². The van der Waals surface area contributed by atoms with Crippen molar-refractivity contribution in [2.75, 3.05) is 7.11 Å². The van der Waals surface area contributed by atoms with E-state index in [0.717, 1.165) is 43.0 Å². The second-order valence-electron chi connectivity index (χ2n) is 7.47. The number of ether oxygens (including phenoxy) is 1. The van der Waals surface area contributed by atoms with Crippen molar-refractivity contribution in [3.63, 3.8) is 0 Å². The SMILES string of the molecule is COC(=O)C1CCc2nnc(-c3ccc(C(C)(C)C)cc3)n2CC1. The van der Waals surface area contributed by atoms with Crippen LogP contribution in [-0.2, 0) is 27.9 Å². The first-order valence-corrected chi connectivity index (χ1v) is 8.51. The highest BCUT2D eigenvalue weighted by molar-refractivity contribution is 5.72. The zero-order chi connectivity index (χ0) is 17.3. The number of esters is 1. The molecular weight excluding hydrogens is 302 g/mol. The maximum absolute atomic E-state index is 11.8. The van der Waals surface area contributed by atoms with Crippen molar-refractivity contribution in [3.8, 4) is 11.4 Å². The second kappa shape index (κ2) is 6.38. The molecule has 1 aromatic heterocycles. The van der Waals surface area contributed by atoms with Gasteiger partial charge in [0.15, 0.2) is 5.82 Å². The predicted octanol–water partition coefficient (Wildman–Crippen LogP) is 3.37. The lowest BCUT2D eigenvalue weighted by Gasteiger charge is -2.19. The fraction of sp³-hybridized carbons (Fsp3) is 0.526. The maximum atomic E-state index is 11.8. The minimum absolute atomic E-state index is 0.0483. The highest BCUT2D eigenvalue weighted by Gasteiger charge is 2.26. The van der Waals surface area contributed by atoms with Crippen LogP contribution in [0.2, 0.25) is 0 Å². The van der Waals surface area contributed by atoms with Gasteiger partial charge < -0.3 is 9.30 Å². The Labute approximate surface area is 143 Å². The average Bonchev–Trinajstić information content (AvgIpc) is 2.85. The minimum Gasteiger partial charge on any atom is -0.469 e. The first-order chi connectivity index (χ1) is 11.4. The molecule has 1 unspecified atom stereocenters. The Morgan fingerprint density at radius 3 is 2.50 bits per heavy atom. The molecule has 0 spiro atoms. The Balaban J connectivity index is 1.86. The van der Waals surface area contributed by atoms with Gasteiger partial charge in [-0.3, -0.25) is 4.79 Å². The van der Waals surface area contributed by atoms with Gasteiger partial charge in [0, 0.05) is 18.5 Å². The lowest BCUT2D eigenvalue weighted by atomic mass is 9.87. The van der Waals surface area contributed by atoms with E-state index in [1.165, 1.54) is 12.7 Å². The van der Waals surface area contributed by atoms with Crippen molar-refractivity contribution in [1.82, 2.24) is 14.8 Å². The number of fused-ring (bicyclic) bond motifs is 1. The monoisotopic (exact) mass is 327 g/mol. The number of methoxy groups -OCH3 is 1. The van der Waals surface area contributed by atoms with E-state index in [0.29, 0.717) is 0 Å². The van der Waals surface area contributed by atoms with E-state index < -0.39 is 0 Å². The summed E-state index contributed by atoms with van der Waals surface area (Å²) in [6.07, 6.45) is 2.30. The molecule has 2 aromatic rings. The molecule has 5 heteroatoms. The Morgan fingerprint density at radius 2 is 1.88 bits per heavy atom. The summed E-state index contributed by atoms with van der Waals surface area (Å²) in [5.41, 5.74) is 2.50. The van der Waals surface area contributed by atoms with Crippen molar-refractivity contribution in [2.45, 2.75) is 52.0 Å². The van der Waals surface area contributed by atoms with Gasteiger partial charge >= 0.3 is 5.97 Å². The molecule has 5 nitrogen and oxygen atoms in total. The molecule has 0 amide bonds. The van der Waals surface area contributed by atoms with Crippen LogP contribution in [0, 0.1) is 5.92 Å². The molecule has 1 aliphatic rings. The lowest BCUT2D eigenvalue weighted by Crippen LogP contribution is -2.17. The Bertz CT molecular complexity index is 726. The third kappa shape index (κ3) is 3.21. The normalized spacial score (nSPS) is 17.9. The molecule has 24 heavy (non-hydrogen) atoms. The van der Waals surface area contributed by atoms with Gasteiger partial charge in [0.25, 0.3) is 0 Å². The molecule has 1 aliphatic heterocycles. The molecule has 2 heterocycles. The molecule has 3 rings (SSSR count). The van der Waals surface area contributed by atoms with Crippen molar-refractivity contribution in [1.29, 1.82) is 0 Å². The fourth-order valence-electron chi connectivity index (χ4n) is 3.22. The van der Waals surface area contributed by atoms with Crippen LogP contribution in [0.25, 0.3) is 11.4 Å². The zero-order valence-electron chi connectivity index (χ0n) is 14.9. The van der Waals surface area contributed by atoms with Crippen LogP contribution in [0.3, 0.4) is 0 Å². The van der Waals surface area contributed by atoms with Crippen LogP contribution in [-0.4, -0.2) is 27.8 Å². The number of hydrogen-bond acceptors (Lipinski definition) is 4. The minimum atomic E-state index is -0.121. The summed E-state index contributed by atoms with van der Waals surface area (Å²) in [5, 5.41) is 8.73. The molecule has 0 saturated carbocycles. The average molecular weight is 327 g/mol. The molecule has 0 N–H and O–H groups in total. The quantitative estimate of drug-likeness (QED) is 0.794. The first-order valence-electron chi connectivity index (χ1n) is 8.51. The standard InChI is InChI=1S/C19H25N3O2/c1-19(2,3)15-8-5-13(6-9-15)17-21-20-16-10-7-14(18(23)24-4)11-12-22(16)17/h5-6,8-9,14H,7,10-12H2,1-4H3. The Kier molecular flexibility index (Phi) is 4.43. The number of carbonyl (C=O) groups is 1. The number of benzene rings is 1. The van der Waals surface area contributed by atoms with Crippen molar-refractivity contribution < 1.29 is 9.53 Å². The van der Waals surface area contributed by atoms with Gasteiger partial charge in [-0.1, -0.05) is 45.0 Å². The summed E-state index contributed by atoms with van der Waals surface area (Å²) in [6, 6.07) is 8.54. The topological polar surface area (TPSA) is 57.0 Å². The van der Waals surface area contributed by atoms with E-state index in [4.69, 9.17) is 4.74 Å². The number of carbonyl (C=O) groups excluding carboxylic acids is 1. The summed E-state index contributed by atoms with van der Waals surface area (Å²) in [6.45, 7) is 7.37. The summed E-state index contributed by atoms with van der Waals surface area (Å²) in [4.78, 5) is 11.8. The smallest absolute Gasteiger partial charge is 0.308 e. The Morgan fingerprint density at radius 1 is 1.17 bits per heavy atom. The molecule has 0 fully saturated rings. The third-order valence-corrected chi connectivity index (χ3v) is 4.79. The van der Waals surface area contributed by atoms with E-state index >= 15 is 0 Å². The molecule has 1 aromatic carbocycles. The molecule has 0 aliphatic carbocycles. The first kappa shape index (κ1) is 16.7. The van der Waals surface area contributed by atoms with Gasteiger partial charge in [-0.15, -0.1) is 10.2 Å². The zero-order valence-corrected chi connectivity index (χ0v) is 14.9. The van der Waals surface area contributed by atoms with Crippen LogP contribution in [0.4, 0.5) is 0 Å². The Hall–Kier alpha value is -2.17. The van der Waals surface area contributed by atoms with Gasteiger partial charge in [0.1, 0.15) is 5.82 Å². The highest BCUT2D eigenvalue weighted by atomic mass is 16.5.